The number of ether oxygens (including phenoxy) is 1. The predicted molar refractivity (Wildman–Crippen MR) is 115 cm³/mol. The number of fused-ring (bicyclic) bond motifs is 1. The Labute approximate surface area is 173 Å². The summed E-state index contributed by atoms with van der Waals surface area (Å²) < 4.78 is 6.13. The lowest BCUT2D eigenvalue weighted by atomic mass is 10.1. The first-order valence-corrected chi connectivity index (χ1v) is 9.80. The molecule has 8 heteroatoms. The molecule has 0 saturated carbocycles. The Morgan fingerprint density at radius 2 is 1.75 bits per heavy atom. The maximum absolute atomic E-state index is 10.3. The number of carboxylic acid groups (broad SMARTS) is 1. The van der Waals surface area contributed by atoms with Crippen molar-refractivity contribution in [1.29, 1.82) is 0 Å². The monoisotopic (exact) mass is 457 g/mol. The van der Waals surface area contributed by atoms with Gasteiger partial charge < -0.3 is 15.6 Å². The van der Waals surface area contributed by atoms with Crippen LogP contribution >= 0.6 is 27.3 Å². The van der Waals surface area contributed by atoms with E-state index < -0.39 is 5.97 Å². The van der Waals surface area contributed by atoms with E-state index in [0.717, 1.165) is 25.8 Å². The van der Waals surface area contributed by atoms with Crippen LogP contribution in [-0.2, 0) is 4.79 Å². The Hall–Kier alpha value is -2.97. The maximum Gasteiger partial charge on any atom is 0.341 e. The molecule has 0 aliphatic rings. The summed E-state index contributed by atoms with van der Waals surface area (Å²) >= 11 is 4.75. The molecule has 142 valence electrons. The summed E-state index contributed by atoms with van der Waals surface area (Å²) in [4.78, 5) is 10.3. The first-order chi connectivity index (χ1) is 13.5. The van der Waals surface area contributed by atoms with Gasteiger partial charge in [0.2, 0.25) is 5.13 Å². The molecule has 0 fully saturated rings. The van der Waals surface area contributed by atoms with Gasteiger partial charge in [-0.05, 0) is 35.0 Å². The molecule has 0 amide bonds. The highest BCUT2D eigenvalue weighted by molar-refractivity contribution is 9.10. The van der Waals surface area contributed by atoms with E-state index in [2.05, 4.69) is 26.1 Å². The Morgan fingerprint density at radius 1 is 1.04 bits per heavy atom. The zero-order chi connectivity index (χ0) is 19.9. The summed E-state index contributed by atoms with van der Waals surface area (Å²) in [5, 5.41) is 19.7. The molecule has 0 aliphatic carbocycles. The van der Waals surface area contributed by atoms with E-state index in [1.807, 2.05) is 60.7 Å². The van der Waals surface area contributed by atoms with Crippen molar-refractivity contribution in [2.75, 3.05) is 12.3 Å². The number of nitrogen functional groups attached to an aromatic ring is 1. The lowest BCUT2D eigenvalue weighted by molar-refractivity contribution is -0.139. The number of rotatable bonds is 4. The van der Waals surface area contributed by atoms with Crippen LogP contribution in [0.5, 0.6) is 5.75 Å². The molecule has 1 heterocycles. The molecule has 3 aromatic carbocycles. The number of anilines is 1. The third-order valence-electron chi connectivity index (χ3n) is 3.62. The van der Waals surface area contributed by atoms with Crippen molar-refractivity contribution in [2.45, 2.75) is 0 Å². The zero-order valence-electron chi connectivity index (χ0n) is 14.6. The van der Waals surface area contributed by atoms with Crippen molar-refractivity contribution in [3.05, 3.63) is 71.2 Å². The quantitative estimate of drug-likeness (QED) is 0.454. The number of benzene rings is 3. The topological polar surface area (TPSA) is 98.3 Å². The maximum atomic E-state index is 10.3. The van der Waals surface area contributed by atoms with Crippen LogP contribution in [0.25, 0.3) is 21.3 Å². The molecule has 4 aromatic rings. The normalized spacial score (nSPS) is 10.2. The van der Waals surface area contributed by atoms with E-state index in [-0.39, 0.29) is 6.61 Å². The van der Waals surface area contributed by atoms with E-state index >= 15 is 0 Å². The lowest BCUT2D eigenvalue weighted by Crippen LogP contribution is -2.09. The molecule has 6 nitrogen and oxygen atoms in total. The van der Waals surface area contributed by atoms with E-state index in [0.29, 0.717) is 10.9 Å². The molecule has 4 rings (SSSR count). The molecular formula is C20H16BrN3O3S. The summed E-state index contributed by atoms with van der Waals surface area (Å²) in [5.41, 5.74) is 6.52. The summed E-state index contributed by atoms with van der Waals surface area (Å²) in [7, 11) is 0. The molecule has 0 aliphatic heterocycles. The minimum absolute atomic E-state index is 0.307. The molecule has 0 unspecified atom stereocenters. The van der Waals surface area contributed by atoms with E-state index in [1.165, 1.54) is 11.3 Å². The number of aromatic nitrogens is 2. The molecule has 0 saturated heterocycles. The minimum Gasteiger partial charge on any atom is -0.482 e. The fourth-order valence-electron chi connectivity index (χ4n) is 2.35. The first-order valence-electron chi connectivity index (χ1n) is 8.19. The average molecular weight is 458 g/mol. The first kappa shape index (κ1) is 19.8. The van der Waals surface area contributed by atoms with Gasteiger partial charge in [0.05, 0.1) is 0 Å². The fraction of sp³-hybridized carbons (Fsp3) is 0.0500. The number of aliphatic carboxylic acids is 1. The van der Waals surface area contributed by atoms with Crippen LogP contribution in [0.4, 0.5) is 5.13 Å². The highest BCUT2D eigenvalue weighted by Gasteiger charge is 2.03. The van der Waals surface area contributed by atoms with E-state index in [4.69, 9.17) is 15.6 Å². The Bertz CT molecular complexity index is 1080. The zero-order valence-corrected chi connectivity index (χ0v) is 17.0. The van der Waals surface area contributed by atoms with Crippen LogP contribution < -0.4 is 10.5 Å². The number of hydrogen-bond donors (Lipinski definition) is 2. The number of nitrogens with zero attached hydrogens (tertiary/aromatic N) is 2. The van der Waals surface area contributed by atoms with Crippen LogP contribution in [0.2, 0.25) is 0 Å². The molecule has 0 bridgehead atoms. The molecule has 0 spiro atoms. The largest absolute Gasteiger partial charge is 0.482 e. The van der Waals surface area contributed by atoms with Crippen molar-refractivity contribution in [1.82, 2.24) is 10.2 Å². The second-order valence-corrected chi connectivity index (χ2v) is 7.57. The highest BCUT2D eigenvalue weighted by Crippen LogP contribution is 2.25. The summed E-state index contributed by atoms with van der Waals surface area (Å²) in [5.74, 6) is -0.390. The molecule has 28 heavy (non-hydrogen) atoms. The Morgan fingerprint density at radius 3 is 2.39 bits per heavy atom. The van der Waals surface area contributed by atoms with Gasteiger partial charge in [0.15, 0.2) is 6.61 Å². The number of carboxylic acids is 1. The van der Waals surface area contributed by atoms with Gasteiger partial charge >= 0.3 is 5.97 Å². The van der Waals surface area contributed by atoms with Crippen LogP contribution in [0.15, 0.2) is 71.2 Å². The van der Waals surface area contributed by atoms with Crippen LogP contribution in [0.1, 0.15) is 0 Å². The van der Waals surface area contributed by atoms with Crippen LogP contribution in [0, 0.1) is 0 Å². The number of halogens is 1. The van der Waals surface area contributed by atoms with Crippen LogP contribution in [-0.4, -0.2) is 27.9 Å². The van der Waals surface area contributed by atoms with Gasteiger partial charge in [0.1, 0.15) is 10.8 Å². The molecular weight excluding hydrogens is 442 g/mol. The second-order valence-electron chi connectivity index (χ2n) is 5.64. The van der Waals surface area contributed by atoms with Gasteiger partial charge in [-0.2, -0.15) is 0 Å². The third-order valence-corrected chi connectivity index (χ3v) is 4.95. The van der Waals surface area contributed by atoms with Gasteiger partial charge in [-0.1, -0.05) is 69.7 Å². The van der Waals surface area contributed by atoms with Gasteiger partial charge in [0.25, 0.3) is 0 Å². The van der Waals surface area contributed by atoms with E-state index in [1.54, 1.807) is 6.07 Å². The van der Waals surface area contributed by atoms with E-state index in [9.17, 15) is 4.79 Å². The Kier molecular flexibility index (Phi) is 6.57. The van der Waals surface area contributed by atoms with Gasteiger partial charge in [-0.15, -0.1) is 10.2 Å². The number of carbonyl (C=O) groups is 1. The number of nitrogens with two attached hydrogens (primary N) is 1. The molecule has 1 aromatic heterocycles. The lowest BCUT2D eigenvalue weighted by Gasteiger charge is -2.04. The third kappa shape index (κ3) is 5.51. The Balaban J connectivity index is 0.000000162. The van der Waals surface area contributed by atoms with Crippen molar-refractivity contribution in [3.63, 3.8) is 0 Å². The summed E-state index contributed by atoms with van der Waals surface area (Å²) in [6.45, 7) is -0.307. The summed E-state index contributed by atoms with van der Waals surface area (Å²) in [6, 6.07) is 21.2. The number of hydrogen-bond acceptors (Lipinski definition) is 6. The highest BCUT2D eigenvalue weighted by atomic mass is 79.9. The standard InChI is InChI=1S/C12H10O3.C8H6BrN3S/c13-12(14)8-15-11-6-5-9-3-1-2-4-10(9)7-11;9-6-3-1-5(2-4-6)7-11-12-8(10)13-7/h1-7H,8H2,(H,13,14);1-4H,(H2,10,12). The second kappa shape index (κ2) is 9.29. The van der Waals surface area contributed by atoms with Crippen molar-refractivity contribution in [3.8, 4) is 16.3 Å². The smallest absolute Gasteiger partial charge is 0.341 e. The van der Waals surface area contributed by atoms with Crippen molar-refractivity contribution < 1.29 is 14.6 Å². The van der Waals surface area contributed by atoms with Crippen molar-refractivity contribution in [2.24, 2.45) is 0 Å². The molecule has 3 N–H and O–H groups in total. The van der Waals surface area contributed by atoms with Gasteiger partial charge in [-0.3, -0.25) is 0 Å². The SMILES string of the molecule is Nc1nnc(-c2ccc(Br)cc2)s1.O=C(O)COc1ccc2ccccc2c1. The fourth-order valence-corrected chi connectivity index (χ4v) is 3.23. The molecule has 0 radical (unpaired) electrons. The van der Waals surface area contributed by atoms with Gasteiger partial charge in [0, 0.05) is 10.0 Å². The van der Waals surface area contributed by atoms with Crippen LogP contribution in [0.3, 0.4) is 0 Å². The van der Waals surface area contributed by atoms with Crippen molar-refractivity contribution >= 4 is 49.1 Å². The summed E-state index contributed by atoms with van der Waals surface area (Å²) in [6.07, 6.45) is 0. The predicted octanol–water partition coefficient (Wildman–Crippen LogP) is 4.85. The van der Waals surface area contributed by atoms with Gasteiger partial charge in [-0.25, -0.2) is 4.79 Å². The average Bonchev–Trinajstić information content (AvgIpc) is 3.13. The molecule has 0 atom stereocenters. The minimum atomic E-state index is -0.969.